The standard InChI is InChI=1S/C31H25ClN4O6S/c1-18-7-13-21(14-8-18)43(40,41)17-33-30(38)29-27-28-23(15-24(34-27)31(39)42-2)22-5-3-4-6-25(22)35(28)16-26(37)36(29)20-11-9-19(32)10-12-20/h3-15,29H,16-17H2,1-2H3,(H,33,38). The predicted molar refractivity (Wildman–Crippen MR) is 162 cm³/mol. The molecular weight excluding hydrogens is 592 g/mol. The molecule has 0 aliphatic carbocycles. The molecule has 1 N–H and O–H groups in total. The van der Waals surface area contributed by atoms with Crippen molar-refractivity contribution in [1.29, 1.82) is 0 Å². The van der Waals surface area contributed by atoms with Crippen LogP contribution in [0.25, 0.3) is 21.8 Å². The molecule has 12 heteroatoms. The second kappa shape index (κ2) is 10.8. The van der Waals surface area contributed by atoms with Gasteiger partial charge in [-0.25, -0.2) is 18.2 Å². The van der Waals surface area contributed by atoms with E-state index in [0.717, 1.165) is 10.9 Å². The van der Waals surface area contributed by atoms with Crippen LogP contribution in [0.1, 0.15) is 27.8 Å². The van der Waals surface area contributed by atoms with Crippen molar-refractivity contribution >= 4 is 66.7 Å². The van der Waals surface area contributed by atoms with Crippen molar-refractivity contribution < 1.29 is 27.5 Å². The molecule has 0 spiro atoms. The first-order chi connectivity index (χ1) is 20.6. The normalized spacial score (nSPS) is 15.0. The number of nitrogens with zero attached hydrogens (tertiary/aromatic N) is 3. The van der Waals surface area contributed by atoms with Crippen LogP contribution in [0, 0.1) is 6.92 Å². The highest BCUT2D eigenvalue weighted by molar-refractivity contribution is 7.91. The Bertz CT molecular complexity index is 2040. The summed E-state index contributed by atoms with van der Waals surface area (Å²) < 4.78 is 33.0. The summed E-state index contributed by atoms with van der Waals surface area (Å²) in [6, 6.07) is 20.1. The molecule has 2 aromatic heterocycles. The number of methoxy groups -OCH3 is 1. The number of halogens is 1. The summed E-state index contributed by atoms with van der Waals surface area (Å²) in [6.07, 6.45) is 0. The van der Waals surface area contributed by atoms with E-state index in [9.17, 15) is 22.8 Å². The highest BCUT2D eigenvalue weighted by atomic mass is 35.5. The number of aromatic nitrogens is 2. The van der Waals surface area contributed by atoms with Gasteiger partial charge in [-0.2, -0.15) is 0 Å². The van der Waals surface area contributed by atoms with Crippen molar-refractivity contribution in [2.75, 3.05) is 17.9 Å². The van der Waals surface area contributed by atoms with Gasteiger partial charge in [-0.3, -0.25) is 14.5 Å². The monoisotopic (exact) mass is 616 g/mol. The van der Waals surface area contributed by atoms with Gasteiger partial charge in [0.2, 0.25) is 11.8 Å². The van der Waals surface area contributed by atoms with Crippen LogP contribution < -0.4 is 10.2 Å². The molecule has 3 heterocycles. The first-order valence-electron chi connectivity index (χ1n) is 13.2. The van der Waals surface area contributed by atoms with Gasteiger partial charge >= 0.3 is 5.97 Å². The summed E-state index contributed by atoms with van der Waals surface area (Å²) >= 11 is 6.13. The number of benzene rings is 3. The van der Waals surface area contributed by atoms with E-state index in [2.05, 4.69) is 10.3 Å². The van der Waals surface area contributed by atoms with Gasteiger partial charge < -0.3 is 14.6 Å². The van der Waals surface area contributed by atoms with Crippen LogP contribution in [0.2, 0.25) is 5.02 Å². The minimum atomic E-state index is -3.93. The molecule has 10 nitrogen and oxygen atoms in total. The van der Waals surface area contributed by atoms with Crippen LogP contribution in [0.5, 0.6) is 0 Å². The van der Waals surface area contributed by atoms with Gasteiger partial charge in [0.15, 0.2) is 15.9 Å². The summed E-state index contributed by atoms with van der Waals surface area (Å²) in [5.41, 5.74) is 2.43. The van der Waals surface area contributed by atoms with E-state index in [1.807, 2.05) is 31.2 Å². The predicted octanol–water partition coefficient (Wildman–Crippen LogP) is 4.57. The number of pyridine rings is 1. The van der Waals surface area contributed by atoms with E-state index in [0.29, 0.717) is 27.1 Å². The number of carbonyl (C=O) groups is 3. The number of amides is 2. The number of hydrogen-bond acceptors (Lipinski definition) is 7. The Balaban J connectivity index is 1.55. The molecule has 1 aliphatic heterocycles. The van der Waals surface area contributed by atoms with Crippen molar-refractivity contribution in [3.05, 3.63) is 101 Å². The first kappa shape index (κ1) is 28.4. The van der Waals surface area contributed by atoms with Crippen molar-refractivity contribution in [3.63, 3.8) is 0 Å². The van der Waals surface area contributed by atoms with Gasteiger partial charge in [-0.05, 0) is 55.5 Å². The second-order valence-corrected chi connectivity index (χ2v) is 12.6. The van der Waals surface area contributed by atoms with Crippen LogP contribution in [-0.4, -0.2) is 48.7 Å². The summed E-state index contributed by atoms with van der Waals surface area (Å²) in [4.78, 5) is 46.8. The zero-order chi connectivity index (χ0) is 30.5. The summed E-state index contributed by atoms with van der Waals surface area (Å²) in [5.74, 6) is -2.71. The molecule has 3 aromatic carbocycles. The van der Waals surface area contributed by atoms with Gasteiger partial charge in [0.25, 0.3) is 0 Å². The lowest BCUT2D eigenvalue weighted by Crippen LogP contribution is -2.45. The molecule has 0 bridgehead atoms. The number of ether oxygens (including phenoxy) is 1. The quantitative estimate of drug-likeness (QED) is 0.277. The molecule has 5 aromatic rings. The van der Waals surface area contributed by atoms with E-state index in [-0.39, 0.29) is 22.8 Å². The molecule has 43 heavy (non-hydrogen) atoms. The third-order valence-corrected chi connectivity index (χ3v) is 9.18. The number of aryl methyl sites for hydroxylation is 1. The Labute approximate surface area is 251 Å². The fraction of sp³-hybridized carbons (Fsp3) is 0.161. The van der Waals surface area contributed by atoms with Crippen LogP contribution in [0.4, 0.5) is 5.69 Å². The second-order valence-electron chi connectivity index (χ2n) is 10.1. The number of esters is 1. The average Bonchev–Trinajstić information content (AvgIpc) is 3.24. The smallest absolute Gasteiger partial charge is 0.356 e. The lowest BCUT2D eigenvalue weighted by Gasteiger charge is -2.29. The number of anilines is 1. The lowest BCUT2D eigenvalue weighted by atomic mass is 10.0. The van der Waals surface area contributed by atoms with E-state index in [1.54, 1.807) is 47.0 Å². The molecule has 0 saturated heterocycles. The molecule has 1 unspecified atom stereocenters. The third kappa shape index (κ3) is 5.00. The highest BCUT2D eigenvalue weighted by Crippen LogP contribution is 2.39. The Kier molecular flexibility index (Phi) is 7.15. The van der Waals surface area contributed by atoms with E-state index in [1.165, 1.54) is 24.1 Å². The fourth-order valence-electron chi connectivity index (χ4n) is 5.37. The number of nitrogens with one attached hydrogen (secondary N) is 1. The highest BCUT2D eigenvalue weighted by Gasteiger charge is 2.40. The van der Waals surface area contributed by atoms with E-state index < -0.39 is 39.5 Å². The van der Waals surface area contributed by atoms with Crippen molar-refractivity contribution in [2.24, 2.45) is 0 Å². The maximum atomic E-state index is 14.1. The fourth-order valence-corrected chi connectivity index (χ4v) is 6.55. The van der Waals surface area contributed by atoms with Gasteiger partial charge in [0.05, 0.1) is 23.2 Å². The number of sulfone groups is 1. The number of para-hydroxylation sites is 1. The minimum absolute atomic E-state index is 0.0400. The molecule has 0 fully saturated rings. The summed E-state index contributed by atoms with van der Waals surface area (Å²) in [6.45, 7) is 1.69. The molecule has 0 radical (unpaired) electrons. The van der Waals surface area contributed by atoms with Crippen molar-refractivity contribution in [2.45, 2.75) is 24.4 Å². The van der Waals surface area contributed by atoms with Gasteiger partial charge in [-0.15, -0.1) is 0 Å². The molecule has 218 valence electrons. The Morgan fingerprint density at radius 1 is 1.02 bits per heavy atom. The SMILES string of the molecule is COC(=O)c1cc2c3ccccc3n3c2c(n1)C(C(=O)NCS(=O)(=O)c1ccc(C)cc1)N(c1ccc(Cl)cc1)C(=O)C3. The molecule has 2 amide bonds. The van der Waals surface area contributed by atoms with Crippen LogP contribution in [-0.2, 0) is 30.7 Å². The zero-order valence-corrected chi connectivity index (χ0v) is 24.6. The van der Waals surface area contributed by atoms with Crippen molar-refractivity contribution in [1.82, 2.24) is 14.9 Å². The Morgan fingerprint density at radius 2 is 1.72 bits per heavy atom. The van der Waals surface area contributed by atoms with Gasteiger partial charge in [0, 0.05) is 27.0 Å². The number of rotatable bonds is 6. The molecule has 6 rings (SSSR count). The lowest BCUT2D eigenvalue weighted by molar-refractivity contribution is -0.126. The van der Waals surface area contributed by atoms with Gasteiger partial charge in [-0.1, -0.05) is 47.5 Å². The number of hydrogen-bond donors (Lipinski definition) is 1. The van der Waals surface area contributed by atoms with E-state index >= 15 is 0 Å². The maximum Gasteiger partial charge on any atom is 0.356 e. The molecule has 0 saturated carbocycles. The minimum Gasteiger partial charge on any atom is -0.464 e. The Hall–Kier alpha value is -4.74. The third-order valence-electron chi connectivity index (χ3n) is 7.42. The van der Waals surface area contributed by atoms with Crippen molar-refractivity contribution in [3.8, 4) is 0 Å². The zero-order valence-electron chi connectivity index (χ0n) is 23.1. The average molecular weight is 617 g/mol. The summed E-state index contributed by atoms with van der Waals surface area (Å²) in [5, 5.41) is 4.29. The molecular formula is C31H25ClN4O6S. The van der Waals surface area contributed by atoms with Crippen LogP contribution >= 0.6 is 11.6 Å². The summed E-state index contributed by atoms with van der Waals surface area (Å²) in [7, 11) is -2.71. The number of fused-ring (bicyclic) bond motifs is 3. The Morgan fingerprint density at radius 3 is 2.42 bits per heavy atom. The first-order valence-corrected chi connectivity index (χ1v) is 15.3. The van der Waals surface area contributed by atoms with E-state index in [4.69, 9.17) is 16.3 Å². The molecule has 1 atom stereocenters. The number of carbonyl (C=O) groups excluding carboxylic acids is 3. The topological polar surface area (TPSA) is 128 Å². The largest absolute Gasteiger partial charge is 0.464 e. The van der Waals surface area contributed by atoms with Crippen LogP contribution in [0.3, 0.4) is 0 Å². The van der Waals surface area contributed by atoms with Crippen LogP contribution in [0.15, 0.2) is 83.8 Å². The molecule has 1 aliphatic rings. The van der Waals surface area contributed by atoms with Gasteiger partial charge in [0.1, 0.15) is 18.1 Å². The maximum absolute atomic E-state index is 14.1.